The molecule has 0 radical (unpaired) electrons. The second-order valence-electron chi connectivity index (χ2n) is 3.37. The second kappa shape index (κ2) is 4.77. The standard InChI is InChI=1S/C11H8Cl2N2O2/c1-6(16)14-11-9(13)10(15-17-11)7-3-2-4-8(12)5-7/h2-5H,1H3,(H,14,16). The van der Waals surface area contributed by atoms with Crippen molar-refractivity contribution in [3.8, 4) is 11.3 Å². The van der Waals surface area contributed by atoms with Gasteiger partial charge in [0.05, 0.1) is 0 Å². The molecule has 88 valence electrons. The van der Waals surface area contributed by atoms with E-state index in [1.54, 1.807) is 24.3 Å². The third-order valence-electron chi connectivity index (χ3n) is 2.02. The molecule has 0 saturated heterocycles. The number of nitrogens with zero attached hydrogens (tertiary/aromatic N) is 1. The molecule has 1 aromatic heterocycles. The molecule has 2 rings (SSSR count). The van der Waals surface area contributed by atoms with E-state index >= 15 is 0 Å². The van der Waals surface area contributed by atoms with E-state index in [4.69, 9.17) is 27.7 Å². The highest BCUT2D eigenvalue weighted by molar-refractivity contribution is 6.36. The van der Waals surface area contributed by atoms with Crippen LogP contribution in [0.15, 0.2) is 28.8 Å². The molecule has 0 saturated carbocycles. The summed E-state index contributed by atoms with van der Waals surface area (Å²) in [4.78, 5) is 10.9. The van der Waals surface area contributed by atoms with Gasteiger partial charge in [0.15, 0.2) is 0 Å². The molecule has 0 spiro atoms. The van der Waals surface area contributed by atoms with Crippen LogP contribution in [0.2, 0.25) is 10.0 Å². The molecule has 6 heteroatoms. The fraction of sp³-hybridized carbons (Fsp3) is 0.0909. The van der Waals surface area contributed by atoms with Crippen LogP contribution in [-0.4, -0.2) is 11.1 Å². The summed E-state index contributed by atoms with van der Waals surface area (Å²) in [6.07, 6.45) is 0. The monoisotopic (exact) mass is 270 g/mol. The SMILES string of the molecule is CC(=O)Nc1onc(-c2cccc(Cl)c2)c1Cl. The maximum atomic E-state index is 10.9. The minimum Gasteiger partial charge on any atom is -0.336 e. The van der Waals surface area contributed by atoms with Crippen LogP contribution in [0.25, 0.3) is 11.3 Å². The van der Waals surface area contributed by atoms with Crippen molar-refractivity contribution in [2.75, 3.05) is 5.32 Å². The highest BCUT2D eigenvalue weighted by Crippen LogP contribution is 2.34. The summed E-state index contributed by atoms with van der Waals surface area (Å²) < 4.78 is 4.94. The Kier molecular flexibility index (Phi) is 3.36. The zero-order valence-corrected chi connectivity index (χ0v) is 10.3. The van der Waals surface area contributed by atoms with E-state index < -0.39 is 0 Å². The van der Waals surface area contributed by atoms with Gasteiger partial charge in [-0.1, -0.05) is 40.5 Å². The number of amides is 1. The molecule has 0 aliphatic rings. The molecule has 0 unspecified atom stereocenters. The lowest BCUT2D eigenvalue weighted by Gasteiger charge is -1.97. The molecule has 0 fully saturated rings. The molecule has 1 heterocycles. The van der Waals surface area contributed by atoms with Gasteiger partial charge < -0.3 is 4.52 Å². The van der Waals surface area contributed by atoms with Crippen LogP contribution in [0.5, 0.6) is 0 Å². The van der Waals surface area contributed by atoms with Crippen LogP contribution in [0.3, 0.4) is 0 Å². The third kappa shape index (κ3) is 2.60. The van der Waals surface area contributed by atoms with Gasteiger partial charge in [-0.15, -0.1) is 0 Å². The lowest BCUT2D eigenvalue weighted by atomic mass is 10.1. The smallest absolute Gasteiger partial charge is 0.250 e. The van der Waals surface area contributed by atoms with Crippen LogP contribution in [-0.2, 0) is 4.79 Å². The van der Waals surface area contributed by atoms with E-state index in [2.05, 4.69) is 10.5 Å². The number of anilines is 1. The second-order valence-corrected chi connectivity index (χ2v) is 4.18. The molecule has 1 amide bonds. The molecule has 17 heavy (non-hydrogen) atoms. The molecule has 1 aromatic carbocycles. The van der Waals surface area contributed by atoms with Crippen molar-refractivity contribution >= 4 is 35.0 Å². The van der Waals surface area contributed by atoms with Gasteiger partial charge in [0, 0.05) is 17.5 Å². The molecule has 0 bridgehead atoms. The van der Waals surface area contributed by atoms with E-state index in [-0.39, 0.29) is 16.8 Å². The fourth-order valence-corrected chi connectivity index (χ4v) is 1.75. The third-order valence-corrected chi connectivity index (χ3v) is 2.61. The average Bonchev–Trinajstić information content (AvgIpc) is 2.60. The Hall–Kier alpha value is -1.52. The Balaban J connectivity index is 2.40. The lowest BCUT2D eigenvalue weighted by molar-refractivity contribution is -0.114. The van der Waals surface area contributed by atoms with Gasteiger partial charge in [-0.3, -0.25) is 10.1 Å². The topological polar surface area (TPSA) is 55.1 Å². The Morgan fingerprint density at radius 3 is 2.82 bits per heavy atom. The van der Waals surface area contributed by atoms with Gasteiger partial charge in [-0.25, -0.2) is 0 Å². The Morgan fingerprint density at radius 1 is 1.41 bits per heavy atom. The first-order valence-corrected chi connectivity index (χ1v) is 5.52. The molecule has 0 aliphatic heterocycles. The Labute approximate surface area is 108 Å². The molecule has 0 aliphatic carbocycles. The summed E-state index contributed by atoms with van der Waals surface area (Å²) in [5, 5.41) is 7.07. The molecule has 0 atom stereocenters. The minimum atomic E-state index is -0.277. The molecule has 1 N–H and O–H groups in total. The van der Waals surface area contributed by atoms with Crippen LogP contribution in [0, 0.1) is 0 Å². The number of rotatable bonds is 2. The van der Waals surface area contributed by atoms with E-state index in [1.807, 2.05) is 0 Å². The number of nitrogens with one attached hydrogen (secondary N) is 1. The first kappa shape index (κ1) is 12.0. The van der Waals surface area contributed by atoms with E-state index in [9.17, 15) is 4.79 Å². The average molecular weight is 271 g/mol. The van der Waals surface area contributed by atoms with Gasteiger partial charge >= 0.3 is 0 Å². The number of halogens is 2. The number of hydrogen-bond acceptors (Lipinski definition) is 3. The van der Waals surface area contributed by atoms with Gasteiger partial charge in [0.2, 0.25) is 5.91 Å². The fourth-order valence-electron chi connectivity index (χ4n) is 1.33. The number of hydrogen-bond donors (Lipinski definition) is 1. The van der Waals surface area contributed by atoms with Crippen LogP contribution in [0.4, 0.5) is 5.88 Å². The number of aromatic nitrogens is 1. The first-order valence-electron chi connectivity index (χ1n) is 4.76. The molecule has 4 nitrogen and oxygen atoms in total. The zero-order chi connectivity index (χ0) is 12.4. The van der Waals surface area contributed by atoms with Crippen molar-refractivity contribution in [2.24, 2.45) is 0 Å². The quantitative estimate of drug-likeness (QED) is 0.907. The number of carbonyl (C=O) groups excluding carboxylic acids is 1. The van der Waals surface area contributed by atoms with Crippen LogP contribution in [0.1, 0.15) is 6.92 Å². The Morgan fingerprint density at radius 2 is 2.18 bits per heavy atom. The van der Waals surface area contributed by atoms with E-state index in [0.29, 0.717) is 10.7 Å². The van der Waals surface area contributed by atoms with Crippen molar-refractivity contribution in [3.63, 3.8) is 0 Å². The lowest BCUT2D eigenvalue weighted by Crippen LogP contribution is -2.04. The van der Waals surface area contributed by atoms with Crippen molar-refractivity contribution < 1.29 is 9.32 Å². The van der Waals surface area contributed by atoms with Gasteiger partial charge in [-0.05, 0) is 12.1 Å². The summed E-state index contributed by atoms with van der Waals surface area (Å²) >= 11 is 11.9. The number of benzene rings is 1. The summed E-state index contributed by atoms with van der Waals surface area (Å²) in [6, 6.07) is 7.03. The molecule has 2 aromatic rings. The van der Waals surface area contributed by atoms with Crippen molar-refractivity contribution in [2.45, 2.75) is 6.92 Å². The van der Waals surface area contributed by atoms with Crippen molar-refractivity contribution in [1.82, 2.24) is 5.16 Å². The van der Waals surface area contributed by atoms with Gasteiger partial charge in [0.1, 0.15) is 10.7 Å². The highest BCUT2D eigenvalue weighted by Gasteiger charge is 2.16. The van der Waals surface area contributed by atoms with Crippen molar-refractivity contribution in [3.05, 3.63) is 34.3 Å². The summed E-state index contributed by atoms with van der Waals surface area (Å²) in [5.41, 5.74) is 1.17. The summed E-state index contributed by atoms with van der Waals surface area (Å²) in [5.74, 6) is -0.144. The van der Waals surface area contributed by atoms with E-state index in [0.717, 1.165) is 5.56 Å². The normalized spacial score (nSPS) is 10.3. The largest absolute Gasteiger partial charge is 0.336 e. The molecular formula is C11H8Cl2N2O2. The maximum Gasteiger partial charge on any atom is 0.250 e. The predicted molar refractivity (Wildman–Crippen MR) is 66.3 cm³/mol. The van der Waals surface area contributed by atoms with Crippen LogP contribution >= 0.6 is 23.2 Å². The van der Waals surface area contributed by atoms with Gasteiger partial charge in [-0.2, -0.15) is 0 Å². The number of carbonyl (C=O) groups is 1. The van der Waals surface area contributed by atoms with Crippen molar-refractivity contribution in [1.29, 1.82) is 0 Å². The highest BCUT2D eigenvalue weighted by atomic mass is 35.5. The molecular weight excluding hydrogens is 263 g/mol. The summed E-state index contributed by atoms with van der Waals surface area (Å²) in [7, 11) is 0. The van der Waals surface area contributed by atoms with E-state index in [1.165, 1.54) is 6.92 Å². The maximum absolute atomic E-state index is 10.9. The summed E-state index contributed by atoms with van der Waals surface area (Å²) in [6.45, 7) is 1.36. The first-order chi connectivity index (χ1) is 8.08. The predicted octanol–water partition coefficient (Wildman–Crippen LogP) is 3.61. The Bertz CT molecular complexity index is 566. The van der Waals surface area contributed by atoms with Gasteiger partial charge in [0.25, 0.3) is 5.88 Å². The minimum absolute atomic E-state index is 0.133. The zero-order valence-electron chi connectivity index (χ0n) is 8.83. The van der Waals surface area contributed by atoms with Crippen LogP contribution < -0.4 is 5.32 Å².